The van der Waals surface area contributed by atoms with Gasteiger partial charge in [0.25, 0.3) is 0 Å². The maximum Gasteiger partial charge on any atom is 0.230 e. The summed E-state index contributed by atoms with van der Waals surface area (Å²) in [4.78, 5) is 12.2. The second kappa shape index (κ2) is 7.13. The van der Waals surface area contributed by atoms with Crippen molar-refractivity contribution in [1.82, 2.24) is 20.0 Å². The number of hydrogen-bond acceptors (Lipinski definition) is 4. The number of H-pyrrole nitrogens is 1. The summed E-state index contributed by atoms with van der Waals surface area (Å²) in [6.45, 7) is 0.553. The summed E-state index contributed by atoms with van der Waals surface area (Å²) in [5, 5.41) is 14.3. The van der Waals surface area contributed by atoms with Crippen molar-refractivity contribution in [1.29, 1.82) is 0 Å². The number of nitrogens with zero attached hydrogens (tertiary/aromatic N) is 3. The third-order valence-corrected chi connectivity index (χ3v) is 4.35. The van der Waals surface area contributed by atoms with Crippen LogP contribution in [-0.2, 0) is 22.6 Å². The van der Waals surface area contributed by atoms with E-state index in [-0.39, 0.29) is 12.3 Å². The Morgan fingerprint density at radius 3 is 3.04 bits per heavy atom. The van der Waals surface area contributed by atoms with E-state index >= 15 is 0 Å². The average molecular weight is 351 g/mol. The van der Waals surface area contributed by atoms with Crippen LogP contribution >= 0.6 is 0 Å². The smallest absolute Gasteiger partial charge is 0.230 e. The maximum atomic E-state index is 12.2. The molecule has 1 amide bonds. The molecule has 0 radical (unpaired) electrons. The highest BCUT2D eigenvalue weighted by Gasteiger charge is 2.26. The highest BCUT2D eigenvalue weighted by Crippen LogP contribution is 2.39. The van der Waals surface area contributed by atoms with Crippen molar-refractivity contribution in [2.75, 3.05) is 12.4 Å². The first-order valence-corrected chi connectivity index (χ1v) is 8.68. The first-order chi connectivity index (χ1) is 12.7. The predicted octanol–water partition coefficient (Wildman–Crippen LogP) is 2.80. The Morgan fingerprint density at radius 2 is 2.23 bits per heavy atom. The van der Waals surface area contributed by atoms with E-state index in [1.807, 2.05) is 36.5 Å². The fourth-order valence-corrected chi connectivity index (χ4v) is 2.92. The summed E-state index contributed by atoms with van der Waals surface area (Å²) in [5.41, 5.74) is 3.89. The van der Waals surface area contributed by atoms with Crippen LogP contribution in [0.15, 0.2) is 42.7 Å². The molecule has 134 valence electrons. The molecule has 1 aromatic carbocycles. The first-order valence-electron chi connectivity index (χ1n) is 8.68. The zero-order chi connectivity index (χ0) is 17.9. The molecule has 2 aromatic heterocycles. The van der Waals surface area contributed by atoms with Gasteiger partial charge in [-0.25, -0.2) is 4.68 Å². The SMILES string of the molecule is COCc1cccc(-n2cc(CC(=O)Nc3cc(C4CC4)n[nH]3)cn2)c1. The van der Waals surface area contributed by atoms with E-state index in [4.69, 9.17) is 4.74 Å². The lowest BCUT2D eigenvalue weighted by molar-refractivity contribution is -0.115. The van der Waals surface area contributed by atoms with Crippen LogP contribution in [0.2, 0.25) is 0 Å². The first kappa shape index (κ1) is 16.5. The number of aromatic amines is 1. The fraction of sp³-hybridized carbons (Fsp3) is 0.316. The molecule has 1 aliphatic carbocycles. The Labute approximate surface area is 151 Å². The lowest BCUT2D eigenvalue weighted by atomic mass is 10.2. The van der Waals surface area contributed by atoms with Crippen molar-refractivity contribution in [3.8, 4) is 5.69 Å². The molecule has 4 rings (SSSR count). The van der Waals surface area contributed by atoms with Gasteiger partial charge in [-0.05, 0) is 36.1 Å². The summed E-state index contributed by atoms with van der Waals surface area (Å²) in [6.07, 6.45) is 6.21. The molecule has 7 heteroatoms. The van der Waals surface area contributed by atoms with Crippen LogP contribution in [0.25, 0.3) is 5.69 Å². The standard InChI is InChI=1S/C19H21N5O2/c1-26-12-13-3-2-4-16(7-13)24-11-14(10-20-24)8-19(25)21-18-9-17(22-23-18)15-5-6-15/h2-4,7,9-11,15H,5-6,8,12H2,1H3,(H2,21,22,23,25). The van der Waals surface area contributed by atoms with Crippen LogP contribution in [0.4, 0.5) is 5.82 Å². The molecule has 0 atom stereocenters. The van der Waals surface area contributed by atoms with E-state index in [0.717, 1.165) is 22.5 Å². The van der Waals surface area contributed by atoms with Crippen LogP contribution in [0.5, 0.6) is 0 Å². The van der Waals surface area contributed by atoms with Gasteiger partial charge in [-0.2, -0.15) is 10.2 Å². The summed E-state index contributed by atoms with van der Waals surface area (Å²) in [7, 11) is 1.67. The van der Waals surface area contributed by atoms with Crippen molar-refractivity contribution in [3.05, 3.63) is 59.5 Å². The lowest BCUT2D eigenvalue weighted by Gasteiger charge is -2.04. The molecule has 0 aliphatic heterocycles. The van der Waals surface area contributed by atoms with E-state index in [0.29, 0.717) is 18.3 Å². The molecule has 0 saturated heterocycles. The zero-order valence-electron chi connectivity index (χ0n) is 14.6. The highest BCUT2D eigenvalue weighted by atomic mass is 16.5. The molecular weight excluding hydrogens is 330 g/mol. The molecule has 2 heterocycles. The largest absolute Gasteiger partial charge is 0.380 e. The van der Waals surface area contributed by atoms with E-state index in [1.165, 1.54) is 12.8 Å². The van der Waals surface area contributed by atoms with Crippen molar-refractivity contribution in [2.24, 2.45) is 0 Å². The van der Waals surface area contributed by atoms with E-state index in [9.17, 15) is 4.79 Å². The van der Waals surface area contributed by atoms with Gasteiger partial charge in [0.1, 0.15) is 5.82 Å². The van der Waals surface area contributed by atoms with Gasteiger partial charge in [-0.15, -0.1) is 0 Å². The maximum absolute atomic E-state index is 12.2. The number of methoxy groups -OCH3 is 1. The van der Waals surface area contributed by atoms with Crippen LogP contribution in [0.3, 0.4) is 0 Å². The van der Waals surface area contributed by atoms with Crippen LogP contribution in [-0.4, -0.2) is 33.0 Å². The number of benzene rings is 1. The highest BCUT2D eigenvalue weighted by molar-refractivity contribution is 5.91. The second-order valence-electron chi connectivity index (χ2n) is 6.60. The number of aromatic nitrogens is 4. The number of carbonyl (C=O) groups is 1. The molecule has 1 aliphatic rings. The molecule has 7 nitrogen and oxygen atoms in total. The normalized spacial score (nSPS) is 13.7. The molecule has 0 unspecified atom stereocenters. The van der Waals surface area contributed by atoms with E-state index in [1.54, 1.807) is 18.0 Å². The van der Waals surface area contributed by atoms with E-state index in [2.05, 4.69) is 20.6 Å². The Balaban J connectivity index is 1.39. The number of anilines is 1. The van der Waals surface area contributed by atoms with Gasteiger partial charge in [0.15, 0.2) is 0 Å². The molecule has 1 saturated carbocycles. The molecule has 0 bridgehead atoms. The minimum Gasteiger partial charge on any atom is -0.380 e. The van der Waals surface area contributed by atoms with Crippen molar-refractivity contribution in [3.63, 3.8) is 0 Å². The summed E-state index contributed by atoms with van der Waals surface area (Å²) >= 11 is 0. The third kappa shape index (κ3) is 3.83. The van der Waals surface area contributed by atoms with Crippen LogP contribution in [0.1, 0.15) is 35.6 Å². The lowest BCUT2D eigenvalue weighted by Crippen LogP contribution is -2.14. The Morgan fingerprint density at radius 1 is 1.35 bits per heavy atom. The molecule has 0 spiro atoms. The third-order valence-electron chi connectivity index (χ3n) is 4.35. The van der Waals surface area contributed by atoms with Gasteiger partial charge in [0.05, 0.1) is 30.6 Å². The molecular formula is C19H21N5O2. The Bertz CT molecular complexity index is 910. The average Bonchev–Trinajstić information content (AvgIpc) is 3.20. The number of carbonyl (C=O) groups excluding carboxylic acids is 1. The number of rotatable bonds is 7. The van der Waals surface area contributed by atoms with Gasteiger partial charge in [-0.1, -0.05) is 12.1 Å². The molecule has 2 N–H and O–H groups in total. The van der Waals surface area contributed by atoms with Gasteiger partial charge in [-0.3, -0.25) is 9.89 Å². The summed E-state index contributed by atoms with van der Waals surface area (Å²) in [5.74, 6) is 1.12. The van der Waals surface area contributed by atoms with E-state index < -0.39 is 0 Å². The monoisotopic (exact) mass is 351 g/mol. The number of hydrogen-bond donors (Lipinski definition) is 2. The minimum atomic E-state index is -0.0938. The summed E-state index contributed by atoms with van der Waals surface area (Å²) in [6, 6.07) is 9.88. The molecule has 3 aromatic rings. The van der Waals surface area contributed by atoms with Gasteiger partial charge in [0, 0.05) is 25.3 Å². The number of amides is 1. The molecule has 26 heavy (non-hydrogen) atoms. The van der Waals surface area contributed by atoms with Crippen molar-refractivity contribution >= 4 is 11.7 Å². The van der Waals surface area contributed by atoms with Crippen LogP contribution < -0.4 is 5.32 Å². The van der Waals surface area contributed by atoms with Crippen molar-refractivity contribution in [2.45, 2.75) is 31.8 Å². The quantitative estimate of drug-likeness (QED) is 0.685. The predicted molar refractivity (Wildman–Crippen MR) is 97.2 cm³/mol. The molecule has 1 fully saturated rings. The Kier molecular flexibility index (Phi) is 4.53. The Hall–Kier alpha value is -2.93. The second-order valence-corrected chi connectivity index (χ2v) is 6.60. The number of ether oxygens (including phenoxy) is 1. The zero-order valence-corrected chi connectivity index (χ0v) is 14.6. The van der Waals surface area contributed by atoms with Crippen LogP contribution in [0, 0.1) is 0 Å². The topological polar surface area (TPSA) is 84.8 Å². The van der Waals surface area contributed by atoms with Crippen molar-refractivity contribution < 1.29 is 9.53 Å². The number of nitrogens with one attached hydrogen (secondary N) is 2. The summed E-state index contributed by atoms with van der Waals surface area (Å²) < 4.78 is 6.93. The van der Waals surface area contributed by atoms with Gasteiger partial charge in [0.2, 0.25) is 5.91 Å². The van der Waals surface area contributed by atoms with Gasteiger partial charge < -0.3 is 10.1 Å². The van der Waals surface area contributed by atoms with Gasteiger partial charge >= 0.3 is 0 Å². The fourth-order valence-electron chi connectivity index (χ4n) is 2.92. The minimum absolute atomic E-state index is 0.0938.